The second kappa shape index (κ2) is 11.1. The normalized spacial score (nSPS) is 10.9. The predicted octanol–water partition coefficient (Wildman–Crippen LogP) is 2.92. The van der Waals surface area contributed by atoms with E-state index >= 15 is 0 Å². The molecule has 1 amide bonds. The lowest BCUT2D eigenvalue weighted by Gasteiger charge is -2.08. The predicted molar refractivity (Wildman–Crippen MR) is 128 cm³/mol. The van der Waals surface area contributed by atoms with Gasteiger partial charge in [0.25, 0.3) is 5.56 Å². The van der Waals surface area contributed by atoms with Gasteiger partial charge in [-0.05, 0) is 43.2 Å². The van der Waals surface area contributed by atoms with E-state index in [0.717, 1.165) is 23.1 Å². The SMILES string of the molecule is COc1ccc(-c2noc(CCCC(=O)NCCCNc3n[nH]c(=O)c4ccccc34)n2)cc1. The molecule has 0 atom stereocenters. The first-order chi connectivity index (χ1) is 16.6. The van der Waals surface area contributed by atoms with Gasteiger partial charge in [0.15, 0.2) is 5.82 Å². The van der Waals surface area contributed by atoms with Crippen LogP contribution in [0.5, 0.6) is 5.75 Å². The molecule has 0 saturated carbocycles. The van der Waals surface area contributed by atoms with Crippen LogP contribution in [-0.2, 0) is 11.2 Å². The van der Waals surface area contributed by atoms with Gasteiger partial charge in [0.05, 0.1) is 12.5 Å². The Morgan fingerprint density at radius 2 is 1.85 bits per heavy atom. The standard InChI is InChI=1S/C24H26N6O4/c1-33-17-12-10-16(11-13-17)22-27-21(34-30-22)9-4-8-20(31)25-14-5-15-26-23-18-6-2-3-7-19(18)24(32)29-28-23/h2-3,6-7,10-13H,4-5,8-9,14-15H2,1H3,(H,25,31)(H,26,28)(H,29,32). The van der Waals surface area contributed by atoms with Crippen molar-refractivity contribution in [3.8, 4) is 17.1 Å². The number of rotatable bonds is 11. The summed E-state index contributed by atoms with van der Waals surface area (Å²) in [7, 11) is 1.61. The van der Waals surface area contributed by atoms with E-state index < -0.39 is 0 Å². The Morgan fingerprint density at radius 1 is 1.06 bits per heavy atom. The summed E-state index contributed by atoms with van der Waals surface area (Å²) >= 11 is 0. The largest absolute Gasteiger partial charge is 0.497 e. The molecule has 0 radical (unpaired) electrons. The van der Waals surface area contributed by atoms with Crippen molar-refractivity contribution in [3.05, 3.63) is 64.8 Å². The van der Waals surface area contributed by atoms with E-state index in [1.54, 1.807) is 13.2 Å². The molecule has 0 spiro atoms. The van der Waals surface area contributed by atoms with Crippen molar-refractivity contribution in [2.75, 3.05) is 25.5 Å². The van der Waals surface area contributed by atoms with Crippen molar-refractivity contribution < 1.29 is 14.1 Å². The Hall–Kier alpha value is -4.21. The zero-order chi connectivity index (χ0) is 23.8. The summed E-state index contributed by atoms with van der Waals surface area (Å²) in [6.07, 6.45) is 2.24. The van der Waals surface area contributed by atoms with Gasteiger partial charge in [0.2, 0.25) is 17.6 Å². The molecule has 0 fully saturated rings. The third kappa shape index (κ3) is 5.77. The topological polar surface area (TPSA) is 135 Å². The number of methoxy groups -OCH3 is 1. The molecule has 4 rings (SSSR count). The van der Waals surface area contributed by atoms with Gasteiger partial charge in [-0.1, -0.05) is 23.4 Å². The van der Waals surface area contributed by atoms with Crippen molar-refractivity contribution in [3.63, 3.8) is 0 Å². The number of H-pyrrole nitrogens is 1. The van der Waals surface area contributed by atoms with Crippen LogP contribution in [0.2, 0.25) is 0 Å². The number of nitrogens with zero attached hydrogens (tertiary/aromatic N) is 3. The van der Waals surface area contributed by atoms with Gasteiger partial charge >= 0.3 is 0 Å². The average Bonchev–Trinajstić information content (AvgIpc) is 3.34. The molecule has 2 aromatic carbocycles. The minimum absolute atomic E-state index is 0.0255. The van der Waals surface area contributed by atoms with Gasteiger partial charge < -0.3 is 19.9 Å². The molecule has 3 N–H and O–H groups in total. The number of aromatic amines is 1. The highest BCUT2D eigenvalue weighted by Gasteiger charge is 2.10. The number of ether oxygens (including phenoxy) is 1. The molecule has 2 heterocycles. The van der Waals surface area contributed by atoms with E-state index in [-0.39, 0.29) is 11.5 Å². The van der Waals surface area contributed by atoms with Crippen LogP contribution in [0.25, 0.3) is 22.2 Å². The fourth-order valence-electron chi connectivity index (χ4n) is 3.47. The van der Waals surface area contributed by atoms with Gasteiger partial charge in [-0.15, -0.1) is 0 Å². The smallest absolute Gasteiger partial charge is 0.272 e. The minimum Gasteiger partial charge on any atom is -0.497 e. The molecular weight excluding hydrogens is 436 g/mol. The van der Waals surface area contributed by atoms with E-state index in [9.17, 15) is 9.59 Å². The third-order valence-electron chi connectivity index (χ3n) is 5.28. The zero-order valence-electron chi connectivity index (χ0n) is 18.8. The maximum absolute atomic E-state index is 12.1. The van der Waals surface area contributed by atoms with E-state index in [0.29, 0.717) is 55.3 Å². The van der Waals surface area contributed by atoms with E-state index in [4.69, 9.17) is 9.26 Å². The summed E-state index contributed by atoms with van der Waals surface area (Å²) in [4.78, 5) is 28.3. The number of carbonyl (C=O) groups is 1. The molecule has 0 bridgehead atoms. The molecule has 0 saturated heterocycles. The summed E-state index contributed by atoms with van der Waals surface area (Å²) in [5.41, 5.74) is 0.623. The molecule has 176 valence electrons. The number of anilines is 1. The fourth-order valence-corrected chi connectivity index (χ4v) is 3.47. The van der Waals surface area contributed by atoms with E-state index in [1.165, 1.54) is 0 Å². The first-order valence-corrected chi connectivity index (χ1v) is 11.1. The van der Waals surface area contributed by atoms with Crippen molar-refractivity contribution in [1.82, 2.24) is 25.7 Å². The monoisotopic (exact) mass is 462 g/mol. The lowest BCUT2D eigenvalue weighted by molar-refractivity contribution is -0.121. The first kappa shape index (κ1) is 23.0. The highest BCUT2D eigenvalue weighted by atomic mass is 16.5. The molecule has 0 unspecified atom stereocenters. The van der Waals surface area contributed by atoms with Crippen LogP contribution >= 0.6 is 0 Å². The molecule has 0 aliphatic heterocycles. The Kier molecular flexibility index (Phi) is 7.49. The second-order valence-electron chi connectivity index (χ2n) is 7.67. The number of carbonyl (C=O) groups excluding carboxylic acids is 1. The van der Waals surface area contributed by atoms with Crippen molar-refractivity contribution in [2.24, 2.45) is 0 Å². The number of benzene rings is 2. The van der Waals surface area contributed by atoms with Gasteiger partial charge in [0.1, 0.15) is 5.75 Å². The highest BCUT2D eigenvalue weighted by Crippen LogP contribution is 2.20. The minimum atomic E-state index is -0.217. The zero-order valence-corrected chi connectivity index (χ0v) is 18.8. The first-order valence-electron chi connectivity index (χ1n) is 11.1. The Morgan fingerprint density at radius 3 is 2.65 bits per heavy atom. The van der Waals surface area contributed by atoms with Crippen LogP contribution in [0.3, 0.4) is 0 Å². The maximum atomic E-state index is 12.1. The molecule has 10 heteroatoms. The number of aromatic nitrogens is 4. The number of hydrogen-bond donors (Lipinski definition) is 3. The van der Waals surface area contributed by atoms with Crippen LogP contribution in [0, 0.1) is 0 Å². The Balaban J connectivity index is 1.14. The van der Waals surface area contributed by atoms with Gasteiger partial charge in [0, 0.05) is 36.9 Å². The van der Waals surface area contributed by atoms with Crippen LogP contribution in [0.15, 0.2) is 57.8 Å². The van der Waals surface area contributed by atoms with E-state index in [1.807, 2.05) is 42.5 Å². The third-order valence-corrected chi connectivity index (χ3v) is 5.28. The summed E-state index contributed by atoms with van der Waals surface area (Å²) in [5, 5.41) is 18.0. The number of aryl methyl sites for hydroxylation is 1. The summed E-state index contributed by atoms with van der Waals surface area (Å²) in [6, 6.07) is 14.7. The maximum Gasteiger partial charge on any atom is 0.272 e. The molecule has 34 heavy (non-hydrogen) atoms. The molecular formula is C24H26N6O4. The van der Waals surface area contributed by atoms with Crippen molar-refractivity contribution in [1.29, 1.82) is 0 Å². The number of nitrogens with one attached hydrogen (secondary N) is 3. The van der Waals surface area contributed by atoms with Gasteiger partial charge in [-0.25, -0.2) is 5.10 Å². The van der Waals surface area contributed by atoms with Crippen LogP contribution in [-0.4, -0.2) is 46.4 Å². The molecule has 0 aliphatic rings. The van der Waals surface area contributed by atoms with Gasteiger partial charge in [-0.3, -0.25) is 9.59 Å². The number of amides is 1. The van der Waals surface area contributed by atoms with Crippen molar-refractivity contribution in [2.45, 2.75) is 25.7 Å². The Bertz CT molecular complexity index is 1300. The number of hydrogen-bond acceptors (Lipinski definition) is 8. The molecule has 4 aromatic rings. The highest BCUT2D eigenvalue weighted by molar-refractivity contribution is 5.90. The Labute approximate surface area is 195 Å². The molecule has 10 nitrogen and oxygen atoms in total. The lowest BCUT2D eigenvalue weighted by Crippen LogP contribution is -2.25. The summed E-state index contributed by atoms with van der Waals surface area (Å²) in [6.45, 7) is 1.15. The van der Waals surface area contributed by atoms with Crippen molar-refractivity contribution >= 4 is 22.5 Å². The summed E-state index contributed by atoms with van der Waals surface area (Å²) in [5.74, 6) is 2.37. The average molecular weight is 463 g/mol. The van der Waals surface area contributed by atoms with Crippen LogP contribution in [0.4, 0.5) is 5.82 Å². The van der Waals surface area contributed by atoms with Crippen LogP contribution in [0.1, 0.15) is 25.2 Å². The summed E-state index contributed by atoms with van der Waals surface area (Å²) < 4.78 is 10.4. The van der Waals surface area contributed by atoms with E-state index in [2.05, 4.69) is 31.0 Å². The molecule has 0 aliphatic carbocycles. The number of fused-ring (bicyclic) bond motifs is 1. The lowest BCUT2D eigenvalue weighted by atomic mass is 10.2. The van der Waals surface area contributed by atoms with Gasteiger partial charge in [-0.2, -0.15) is 10.1 Å². The quantitative estimate of drug-likeness (QED) is 0.290. The molecule has 2 aromatic heterocycles. The fraction of sp³-hybridized carbons (Fsp3) is 0.292. The second-order valence-corrected chi connectivity index (χ2v) is 7.67. The van der Waals surface area contributed by atoms with Crippen LogP contribution < -0.4 is 20.9 Å².